The molecule has 2 heterocycles. The summed E-state index contributed by atoms with van der Waals surface area (Å²) in [5.41, 5.74) is 1.23. The highest BCUT2D eigenvalue weighted by Gasteiger charge is 2.13. The van der Waals surface area contributed by atoms with Crippen LogP contribution in [0.3, 0.4) is 0 Å². The predicted molar refractivity (Wildman–Crippen MR) is 98.6 cm³/mol. The Kier molecular flexibility index (Phi) is 5.64. The number of esters is 2. The van der Waals surface area contributed by atoms with Gasteiger partial charge in [-0.05, 0) is 48.0 Å². The van der Waals surface area contributed by atoms with Crippen LogP contribution in [0.25, 0.3) is 10.4 Å². The lowest BCUT2D eigenvalue weighted by atomic mass is 10.2. The number of hydrogen-bond acceptors (Lipinski definition) is 8. The molecular weight excluding hydrogens is 378 g/mol. The molecule has 25 heavy (non-hydrogen) atoms. The fourth-order valence-electron chi connectivity index (χ4n) is 1.91. The van der Waals surface area contributed by atoms with Gasteiger partial charge in [-0.2, -0.15) is 0 Å². The van der Waals surface area contributed by atoms with Gasteiger partial charge in [0.15, 0.2) is 6.61 Å². The molecule has 0 saturated carbocycles. The Morgan fingerprint density at radius 2 is 1.92 bits per heavy atom. The van der Waals surface area contributed by atoms with E-state index in [-0.39, 0.29) is 12.2 Å². The molecule has 0 unspecified atom stereocenters. The minimum Gasteiger partial charge on any atom is -0.482 e. The van der Waals surface area contributed by atoms with E-state index in [2.05, 4.69) is 4.98 Å². The van der Waals surface area contributed by atoms with Gasteiger partial charge in [-0.15, -0.1) is 0 Å². The maximum Gasteiger partial charge on any atom is 0.352 e. The van der Waals surface area contributed by atoms with Crippen molar-refractivity contribution < 1.29 is 19.1 Å². The van der Waals surface area contributed by atoms with E-state index < -0.39 is 11.9 Å². The lowest BCUT2D eigenvalue weighted by molar-refractivity contribution is -0.140. The van der Waals surface area contributed by atoms with Crippen LogP contribution in [0.5, 0.6) is 5.75 Å². The van der Waals surface area contributed by atoms with Gasteiger partial charge in [0.05, 0.1) is 5.56 Å². The van der Waals surface area contributed by atoms with Crippen LogP contribution < -0.4 is 4.74 Å². The van der Waals surface area contributed by atoms with Gasteiger partial charge < -0.3 is 9.47 Å². The normalized spacial score (nSPS) is 10.2. The summed E-state index contributed by atoms with van der Waals surface area (Å²) in [6.45, 7) is -0.358. The minimum absolute atomic E-state index is 0.207. The second kappa shape index (κ2) is 8.11. The summed E-state index contributed by atoms with van der Waals surface area (Å²) in [6, 6.07) is 12.3. The van der Waals surface area contributed by atoms with Gasteiger partial charge in [0, 0.05) is 17.3 Å². The number of carbonyl (C=O) groups is 2. The Morgan fingerprint density at radius 1 is 1.12 bits per heavy atom. The first kappa shape index (κ1) is 17.4. The van der Waals surface area contributed by atoms with Crippen molar-refractivity contribution in [3.05, 3.63) is 64.2 Å². The zero-order chi connectivity index (χ0) is 17.6. The summed E-state index contributed by atoms with van der Waals surface area (Å²) in [4.78, 5) is 28.3. The number of benzene rings is 1. The largest absolute Gasteiger partial charge is 0.482 e. The van der Waals surface area contributed by atoms with Gasteiger partial charge in [0.1, 0.15) is 9.57 Å². The van der Waals surface area contributed by atoms with Crippen LogP contribution in [-0.4, -0.2) is 23.5 Å². The average Bonchev–Trinajstić information content (AvgIpc) is 3.07. The van der Waals surface area contributed by atoms with Crippen LogP contribution in [0.15, 0.2) is 54.9 Å². The van der Waals surface area contributed by atoms with Crippen molar-refractivity contribution in [2.75, 3.05) is 6.61 Å². The Hall–Kier alpha value is -2.42. The maximum atomic E-state index is 11.7. The quantitative estimate of drug-likeness (QED) is 0.279. The lowest BCUT2D eigenvalue weighted by Crippen LogP contribution is -2.19. The Balaban J connectivity index is 1.54. The molecule has 0 saturated heterocycles. The van der Waals surface area contributed by atoms with E-state index in [9.17, 15) is 9.59 Å². The lowest BCUT2D eigenvalue weighted by Gasteiger charge is -2.06. The number of aromatic nitrogens is 1. The second-order valence-electron chi connectivity index (χ2n) is 4.81. The highest BCUT2D eigenvalue weighted by molar-refractivity contribution is 7.80. The standard InChI is InChI=1S/C17H11NO4S3/c19-15(22-17(20)12-2-1-7-18-9-12)10-21-13-5-3-11(4-6-13)14-8-16(23)25-24-14/h1-9H,10H2. The van der Waals surface area contributed by atoms with E-state index in [4.69, 9.17) is 21.7 Å². The fraction of sp³-hybridized carbons (Fsp3) is 0.0588. The number of hydrogen-bond donors (Lipinski definition) is 0. The molecule has 5 nitrogen and oxygen atoms in total. The molecule has 3 rings (SSSR count). The van der Waals surface area contributed by atoms with Crippen molar-refractivity contribution in [2.45, 2.75) is 0 Å². The molecule has 0 amide bonds. The predicted octanol–water partition coefficient (Wildman–Crippen LogP) is 4.36. The fourth-order valence-corrected chi connectivity index (χ4v) is 4.31. The van der Waals surface area contributed by atoms with Crippen molar-refractivity contribution in [1.29, 1.82) is 0 Å². The highest BCUT2D eigenvalue weighted by atomic mass is 32.9. The second-order valence-corrected chi connectivity index (χ2v) is 7.72. The Labute approximate surface area is 155 Å². The van der Waals surface area contributed by atoms with Crippen LogP contribution in [0, 0.1) is 3.82 Å². The van der Waals surface area contributed by atoms with E-state index in [0.29, 0.717) is 5.75 Å². The van der Waals surface area contributed by atoms with Crippen molar-refractivity contribution in [3.63, 3.8) is 0 Å². The van der Waals surface area contributed by atoms with Crippen LogP contribution in [0.4, 0.5) is 0 Å². The maximum absolute atomic E-state index is 11.7. The molecule has 0 N–H and O–H groups in total. The Morgan fingerprint density at radius 3 is 2.56 bits per heavy atom. The summed E-state index contributed by atoms with van der Waals surface area (Å²) >= 11 is 5.12. The van der Waals surface area contributed by atoms with Gasteiger partial charge >= 0.3 is 11.9 Å². The number of rotatable bonds is 5. The monoisotopic (exact) mass is 389 g/mol. The first-order chi connectivity index (χ1) is 12.1. The zero-order valence-electron chi connectivity index (χ0n) is 12.7. The van der Waals surface area contributed by atoms with Gasteiger partial charge in [-0.1, -0.05) is 32.9 Å². The molecule has 8 heteroatoms. The van der Waals surface area contributed by atoms with E-state index in [1.54, 1.807) is 38.9 Å². The SMILES string of the molecule is O=C(COc1ccc(-c2cc(=S)ss2)cc1)OC(=O)c1cccnc1. The van der Waals surface area contributed by atoms with E-state index in [1.165, 1.54) is 18.5 Å². The topological polar surface area (TPSA) is 65.5 Å². The molecule has 0 bridgehead atoms. The van der Waals surface area contributed by atoms with Crippen molar-refractivity contribution in [2.24, 2.45) is 0 Å². The molecule has 0 spiro atoms. The smallest absolute Gasteiger partial charge is 0.352 e. The summed E-state index contributed by atoms with van der Waals surface area (Å²) in [5, 5.41) is 0. The van der Waals surface area contributed by atoms with Crippen molar-refractivity contribution in [3.8, 4) is 16.2 Å². The van der Waals surface area contributed by atoms with Gasteiger partial charge in [-0.3, -0.25) is 4.98 Å². The number of ether oxygens (including phenoxy) is 2. The summed E-state index contributed by atoms with van der Waals surface area (Å²) in [5.74, 6) is -1.02. The average molecular weight is 389 g/mol. The number of nitrogens with zero attached hydrogens (tertiary/aromatic N) is 1. The van der Waals surface area contributed by atoms with E-state index in [1.807, 2.05) is 18.2 Å². The Bertz CT molecular complexity index is 932. The number of carbonyl (C=O) groups excluding carboxylic acids is 2. The molecule has 0 atom stereocenters. The van der Waals surface area contributed by atoms with Crippen LogP contribution in [-0.2, 0) is 9.53 Å². The summed E-state index contributed by atoms with van der Waals surface area (Å²) < 4.78 is 10.9. The summed E-state index contributed by atoms with van der Waals surface area (Å²) in [7, 11) is 3.16. The highest BCUT2D eigenvalue weighted by Crippen LogP contribution is 2.30. The third-order valence-electron chi connectivity index (χ3n) is 3.06. The molecule has 126 valence electrons. The molecule has 2 aromatic heterocycles. The molecule has 0 aliphatic carbocycles. The van der Waals surface area contributed by atoms with Crippen molar-refractivity contribution in [1.82, 2.24) is 4.98 Å². The molecule has 0 aliphatic heterocycles. The van der Waals surface area contributed by atoms with Crippen molar-refractivity contribution >= 4 is 44.8 Å². The van der Waals surface area contributed by atoms with Crippen LogP contribution in [0.2, 0.25) is 0 Å². The number of pyridine rings is 1. The minimum atomic E-state index is -0.770. The molecule has 1 aromatic carbocycles. The van der Waals surface area contributed by atoms with Crippen LogP contribution >= 0.6 is 32.9 Å². The van der Waals surface area contributed by atoms with Gasteiger partial charge in [-0.25, -0.2) is 9.59 Å². The third-order valence-corrected chi connectivity index (χ3v) is 5.97. The van der Waals surface area contributed by atoms with Gasteiger partial charge in [0.25, 0.3) is 0 Å². The molecule has 0 aliphatic rings. The summed E-state index contributed by atoms with van der Waals surface area (Å²) in [6.07, 6.45) is 2.85. The molecule has 0 fully saturated rings. The molecule has 0 radical (unpaired) electrons. The zero-order valence-corrected chi connectivity index (χ0v) is 15.2. The molecular formula is C17H11NO4S3. The third kappa shape index (κ3) is 4.79. The van der Waals surface area contributed by atoms with Crippen LogP contribution in [0.1, 0.15) is 10.4 Å². The first-order valence-corrected chi connectivity index (χ1v) is 9.66. The van der Waals surface area contributed by atoms with E-state index in [0.717, 1.165) is 14.3 Å². The van der Waals surface area contributed by atoms with E-state index >= 15 is 0 Å². The first-order valence-electron chi connectivity index (χ1n) is 7.10. The van der Waals surface area contributed by atoms with Gasteiger partial charge in [0.2, 0.25) is 0 Å². The molecule has 3 aromatic rings.